The second-order valence-electron chi connectivity index (χ2n) is 5.38. The van der Waals surface area contributed by atoms with E-state index in [1.807, 2.05) is 0 Å². The van der Waals surface area contributed by atoms with Crippen molar-refractivity contribution in [2.24, 2.45) is 0 Å². The van der Waals surface area contributed by atoms with Crippen LogP contribution in [0.15, 0.2) is 51.7 Å². The summed E-state index contributed by atoms with van der Waals surface area (Å²) in [6.45, 7) is 1.19. The predicted molar refractivity (Wildman–Crippen MR) is 94.9 cm³/mol. The third-order valence-corrected chi connectivity index (χ3v) is 3.63. The van der Waals surface area contributed by atoms with Crippen LogP contribution in [0.3, 0.4) is 0 Å². The molecule has 0 radical (unpaired) electrons. The number of carbonyl (C=O) groups is 2. The number of amides is 2. The van der Waals surface area contributed by atoms with Gasteiger partial charge >= 0.3 is 5.76 Å². The number of nitrogens with zero attached hydrogens (tertiary/aromatic N) is 1. The zero-order chi connectivity index (χ0) is 18.0. The molecule has 3 rings (SSSR count). The largest absolute Gasteiger partial charge is 0.420 e. The van der Waals surface area contributed by atoms with Crippen LogP contribution < -0.4 is 16.4 Å². The lowest BCUT2D eigenvalue weighted by molar-refractivity contribution is -0.117. The van der Waals surface area contributed by atoms with Crippen LogP contribution in [0.25, 0.3) is 11.1 Å². The quantitative estimate of drug-likeness (QED) is 0.749. The molecule has 2 aromatic carbocycles. The van der Waals surface area contributed by atoms with Crippen molar-refractivity contribution < 1.29 is 14.0 Å². The molecule has 2 N–H and O–H groups in total. The normalized spacial score (nSPS) is 10.6. The zero-order valence-corrected chi connectivity index (χ0v) is 14.0. The molecule has 3 aromatic rings. The molecule has 0 aliphatic rings. The maximum absolute atomic E-state index is 12.3. The average molecular weight is 360 g/mol. The monoisotopic (exact) mass is 359 g/mol. The number of rotatable bonds is 4. The second kappa shape index (κ2) is 6.82. The predicted octanol–water partition coefficient (Wildman–Crippen LogP) is 2.85. The Hall–Kier alpha value is -3.06. The third-order valence-electron chi connectivity index (χ3n) is 3.40. The van der Waals surface area contributed by atoms with Crippen LogP contribution in [0, 0.1) is 0 Å². The minimum atomic E-state index is -0.639. The Balaban J connectivity index is 1.78. The summed E-state index contributed by atoms with van der Waals surface area (Å²) in [6, 6.07) is 11.5. The van der Waals surface area contributed by atoms with Gasteiger partial charge in [0.05, 0.1) is 5.52 Å². The number of hydrogen-bond donors (Lipinski definition) is 2. The lowest BCUT2D eigenvalue weighted by Gasteiger charge is -2.08. The molecule has 8 heteroatoms. The van der Waals surface area contributed by atoms with E-state index < -0.39 is 11.7 Å². The number of anilines is 2. The van der Waals surface area contributed by atoms with Gasteiger partial charge in [0.25, 0.3) is 0 Å². The van der Waals surface area contributed by atoms with Gasteiger partial charge in [0.15, 0.2) is 5.58 Å². The Morgan fingerprint density at radius 3 is 2.56 bits per heavy atom. The van der Waals surface area contributed by atoms with Crippen LogP contribution in [0.4, 0.5) is 11.4 Å². The molecule has 25 heavy (non-hydrogen) atoms. The molecule has 0 aliphatic carbocycles. The van der Waals surface area contributed by atoms with Gasteiger partial charge in [-0.2, -0.15) is 0 Å². The van der Waals surface area contributed by atoms with E-state index in [-0.39, 0.29) is 12.5 Å². The van der Waals surface area contributed by atoms with Gasteiger partial charge in [0, 0.05) is 29.4 Å². The van der Waals surface area contributed by atoms with E-state index in [2.05, 4.69) is 10.6 Å². The number of hydrogen-bond acceptors (Lipinski definition) is 4. The second-order valence-corrected chi connectivity index (χ2v) is 5.81. The van der Waals surface area contributed by atoms with Gasteiger partial charge in [-0.15, -0.1) is 0 Å². The fourth-order valence-corrected chi connectivity index (χ4v) is 2.57. The van der Waals surface area contributed by atoms with E-state index in [1.54, 1.807) is 36.4 Å². The Morgan fingerprint density at radius 1 is 1.12 bits per heavy atom. The summed E-state index contributed by atoms with van der Waals surface area (Å²) in [6.07, 6.45) is 0. The van der Waals surface area contributed by atoms with Crippen molar-refractivity contribution in [2.75, 3.05) is 10.6 Å². The van der Waals surface area contributed by atoms with Crippen molar-refractivity contribution in [3.05, 3.63) is 58.0 Å². The first-order valence-electron chi connectivity index (χ1n) is 7.39. The summed E-state index contributed by atoms with van der Waals surface area (Å²) in [5.74, 6) is -1.25. The molecule has 0 aliphatic heterocycles. The first kappa shape index (κ1) is 16.8. The molecule has 0 spiro atoms. The van der Waals surface area contributed by atoms with Gasteiger partial charge in [-0.1, -0.05) is 17.7 Å². The Morgan fingerprint density at radius 2 is 1.84 bits per heavy atom. The van der Waals surface area contributed by atoms with Crippen molar-refractivity contribution in [3.63, 3.8) is 0 Å². The molecule has 0 saturated heterocycles. The fourth-order valence-electron chi connectivity index (χ4n) is 2.41. The van der Waals surface area contributed by atoms with Crippen molar-refractivity contribution >= 4 is 45.9 Å². The highest BCUT2D eigenvalue weighted by Gasteiger charge is 2.13. The lowest BCUT2D eigenvalue weighted by Crippen LogP contribution is -2.24. The van der Waals surface area contributed by atoms with Gasteiger partial charge in [-0.3, -0.25) is 14.2 Å². The average Bonchev–Trinajstić information content (AvgIpc) is 2.82. The van der Waals surface area contributed by atoms with Crippen molar-refractivity contribution in [1.29, 1.82) is 0 Å². The van der Waals surface area contributed by atoms with Crippen LogP contribution >= 0.6 is 11.6 Å². The summed E-state index contributed by atoms with van der Waals surface area (Å²) in [4.78, 5) is 35.3. The summed E-state index contributed by atoms with van der Waals surface area (Å²) >= 11 is 5.86. The fraction of sp³-hybridized carbons (Fsp3) is 0.118. The first-order valence-corrected chi connectivity index (χ1v) is 7.76. The van der Waals surface area contributed by atoms with E-state index in [1.165, 1.54) is 17.6 Å². The van der Waals surface area contributed by atoms with Crippen molar-refractivity contribution in [2.45, 2.75) is 13.5 Å². The van der Waals surface area contributed by atoms with E-state index in [0.29, 0.717) is 27.5 Å². The smallest absolute Gasteiger partial charge is 0.408 e. The molecule has 0 fully saturated rings. The van der Waals surface area contributed by atoms with E-state index >= 15 is 0 Å². The molecular formula is C17H14ClN3O4. The molecule has 0 unspecified atom stereocenters. The molecule has 1 heterocycles. The third kappa shape index (κ3) is 3.89. The van der Waals surface area contributed by atoms with Gasteiger partial charge in [0.2, 0.25) is 11.8 Å². The highest BCUT2D eigenvalue weighted by atomic mass is 35.5. The van der Waals surface area contributed by atoms with Crippen LogP contribution in [0.1, 0.15) is 6.92 Å². The summed E-state index contributed by atoms with van der Waals surface area (Å²) < 4.78 is 6.31. The molecule has 0 bridgehead atoms. The van der Waals surface area contributed by atoms with Crippen molar-refractivity contribution in [1.82, 2.24) is 4.57 Å². The number of carbonyl (C=O) groups excluding carboxylic acids is 2. The SMILES string of the molecule is CC(=O)Nc1cccc(NC(=O)Cn2c(=O)oc3cc(Cl)ccc32)c1. The zero-order valence-electron chi connectivity index (χ0n) is 13.2. The van der Waals surface area contributed by atoms with Crippen molar-refractivity contribution in [3.8, 4) is 0 Å². The maximum atomic E-state index is 12.3. The Labute approximate surface area is 147 Å². The van der Waals surface area contributed by atoms with Crippen LogP contribution in [0.2, 0.25) is 5.02 Å². The van der Waals surface area contributed by atoms with E-state index in [4.69, 9.17) is 16.0 Å². The molecule has 0 atom stereocenters. The number of aromatic nitrogens is 1. The maximum Gasteiger partial charge on any atom is 0.420 e. The highest BCUT2D eigenvalue weighted by molar-refractivity contribution is 6.31. The number of fused-ring (bicyclic) bond motifs is 1. The number of halogens is 1. The van der Waals surface area contributed by atoms with Gasteiger partial charge in [0.1, 0.15) is 6.54 Å². The topological polar surface area (TPSA) is 93.3 Å². The van der Waals surface area contributed by atoms with Gasteiger partial charge in [-0.25, -0.2) is 4.79 Å². The molecule has 128 valence electrons. The highest BCUT2D eigenvalue weighted by Crippen LogP contribution is 2.19. The molecule has 7 nitrogen and oxygen atoms in total. The lowest BCUT2D eigenvalue weighted by atomic mass is 10.2. The summed E-state index contributed by atoms with van der Waals surface area (Å²) in [5.41, 5.74) is 1.86. The van der Waals surface area contributed by atoms with E-state index in [9.17, 15) is 14.4 Å². The standard InChI is InChI=1S/C17H14ClN3O4/c1-10(22)19-12-3-2-4-13(8-12)20-16(23)9-21-14-6-5-11(18)7-15(14)25-17(21)24/h2-8H,9H2,1H3,(H,19,22)(H,20,23). The molecule has 0 saturated carbocycles. The van der Waals surface area contributed by atoms with Crippen LogP contribution in [0.5, 0.6) is 0 Å². The van der Waals surface area contributed by atoms with Crippen LogP contribution in [-0.4, -0.2) is 16.4 Å². The number of nitrogens with one attached hydrogen (secondary N) is 2. The molecule has 1 aromatic heterocycles. The Bertz CT molecular complexity index is 1020. The first-order chi connectivity index (χ1) is 11.9. The van der Waals surface area contributed by atoms with E-state index in [0.717, 1.165) is 0 Å². The number of oxazole rings is 1. The minimum Gasteiger partial charge on any atom is -0.408 e. The molecule has 2 amide bonds. The Kier molecular flexibility index (Phi) is 4.58. The van der Waals surface area contributed by atoms with Gasteiger partial charge < -0.3 is 15.1 Å². The summed E-state index contributed by atoms with van der Waals surface area (Å²) in [5, 5.41) is 5.75. The summed E-state index contributed by atoms with van der Waals surface area (Å²) in [7, 11) is 0. The van der Waals surface area contributed by atoms with Gasteiger partial charge in [-0.05, 0) is 30.3 Å². The number of benzene rings is 2. The molecular weight excluding hydrogens is 346 g/mol. The van der Waals surface area contributed by atoms with Crippen LogP contribution in [-0.2, 0) is 16.1 Å². The minimum absolute atomic E-state index is 0.210.